The number of nitrogens with zero attached hydrogens (tertiary/aromatic N) is 2. The minimum atomic E-state index is -0.523. The Hall–Kier alpha value is -0.880. The van der Waals surface area contributed by atoms with Crippen LogP contribution >= 0.6 is 50.5 Å². The SMILES string of the molecule is O=C(Cl)C1=NN(c2ccccc2Cl)C(c2ccc(Br)s2)C1. The highest BCUT2D eigenvalue weighted by Gasteiger charge is 2.33. The monoisotopic (exact) mass is 402 g/mol. The molecule has 0 aliphatic carbocycles. The molecule has 0 spiro atoms. The van der Waals surface area contributed by atoms with Crippen LogP contribution in [0.2, 0.25) is 5.02 Å². The summed E-state index contributed by atoms with van der Waals surface area (Å²) in [5, 5.41) is 6.20. The lowest BCUT2D eigenvalue weighted by atomic mass is 10.1. The van der Waals surface area contributed by atoms with Crippen molar-refractivity contribution in [1.29, 1.82) is 0 Å². The number of hydrazone groups is 1. The number of para-hydroxylation sites is 1. The van der Waals surface area contributed by atoms with E-state index in [1.54, 1.807) is 22.4 Å². The van der Waals surface area contributed by atoms with Gasteiger partial charge >= 0.3 is 0 Å². The molecule has 1 aromatic heterocycles. The van der Waals surface area contributed by atoms with Gasteiger partial charge in [0.15, 0.2) is 0 Å². The first-order chi connectivity index (χ1) is 10.1. The van der Waals surface area contributed by atoms with Gasteiger partial charge in [-0.25, -0.2) is 0 Å². The first-order valence-electron chi connectivity index (χ1n) is 6.12. The zero-order valence-electron chi connectivity index (χ0n) is 10.6. The number of hydrogen-bond donors (Lipinski definition) is 0. The molecule has 108 valence electrons. The topological polar surface area (TPSA) is 32.7 Å². The van der Waals surface area contributed by atoms with Gasteiger partial charge in [-0.15, -0.1) is 11.3 Å². The molecule has 7 heteroatoms. The number of anilines is 1. The van der Waals surface area contributed by atoms with Crippen LogP contribution in [-0.4, -0.2) is 11.0 Å². The molecule has 1 aliphatic heterocycles. The molecule has 0 saturated carbocycles. The minimum Gasteiger partial charge on any atom is -0.274 e. The van der Waals surface area contributed by atoms with Crippen LogP contribution in [-0.2, 0) is 4.79 Å². The highest BCUT2D eigenvalue weighted by molar-refractivity contribution is 9.11. The Morgan fingerprint density at radius 2 is 2.10 bits per heavy atom. The zero-order chi connectivity index (χ0) is 15.0. The maximum absolute atomic E-state index is 11.5. The molecule has 3 nitrogen and oxygen atoms in total. The van der Waals surface area contributed by atoms with E-state index < -0.39 is 5.24 Å². The van der Waals surface area contributed by atoms with Gasteiger partial charge in [-0.05, 0) is 51.8 Å². The molecule has 0 N–H and O–H groups in total. The second-order valence-corrected chi connectivity index (χ2v) is 7.72. The third-order valence-corrected chi connectivity index (χ3v) is 5.42. The summed E-state index contributed by atoms with van der Waals surface area (Å²) in [6, 6.07) is 11.3. The normalized spacial score (nSPS) is 18.0. The summed E-state index contributed by atoms with van der Waals surface area (Å²) in [6.07, 6.45) is 0.473. The molecule has 3 rings (SSSR count). The van der Waals surface area contributed by atoms with Gasteiger partial charge in [0.05, 0.1) is 20.5 Å². The summed E-state index contributed by atoms with van der Waals surface area (Å²) in [4.78, 5) is 12.6. The molecule has 0 fully saturated rings. The van der Waals surface area contributed by atoms with Gasteiger partial charge in [-0.3, -0.25) is 9.80 Å². The molecular formula is C14H9BrCl2N2OS. The fourth-order valence-electron chi connectivity index (χ4n) is 2.22. The Bertz CT molecular complexity index is 731. The number of rotatable bonds is 3. The van der Waals surface area contributed by atoms with Gasteiger partial charge in [-0.1, -0.05) is 23.7 Å². The molecule has 2 aromatic rings. The maximum Gasteiger partial charge on any atom is 0.268 e. The van der Waals surface area contributed by atoms with Crippen LogP contribution < -0.4 is 5.01 Å². The highest BCUT2D eigenvalue weighted by Crippen LogP contribution is 2.41. The Labute approximate surface area is 144 Å². The van der Waals surface area contributed by atoms with Crippen molar-refractivity contribution in [3.05, 3.63) is 50.1 Å². The molecule has 0 amide bonds. The fourth-order valence-corrected chi connectivity index (χ4v) is 4.06. The van der Waals surface area contributed by atoms with Crippen molar-refractivity contribution >= 4 is 67.1 Å². The van der Waals surface area contributed by atoms with E-state index in [2.05, 4.69) is 21.0 Å². The van der Waals surface area contributed by atoms with E-state index >= 15 is 0 Å². The number of carbonyl (C=O) groups is 1. The largest absolute Gasteiger partial charge is 0.274 e. The van der Waals surface area contributed by atoms with Gasteiger partial charge in [0.2, 0.25) is 0 Å². The molecule has 1 unspecified atom stereocenters. The number of thiophene rings is 1. The van der Waals surface area contributed by atoms with Crippen molar-refractivity contribution in [1.82, 2.24) is 0 Å². The van der Waals surface area contributed by atoms with E-state index in [-0.39, 0.29) is 6.04 Å². The lowest BCUT2D eigenvalue weighted by Gasteiger charge is -2.23. The second-order valence-electron chi connectivity index (χ2n) is 4.48. The molecule has 1 atom stereocenters. The molecule has 2 heterocycles. The molecule has 21 heavy (non-hydrogen) atoms. The van der Waals surface area contributed by atoms with E-state index in [4.69, 9.17) is 23.2 Å². The minimum absolute atomic E-state index is 0.0705. The summed E-state index contributed by atoms with van der Waals surface area (Å²) in [5.41, 5.74) is 1.12. The van der Waals surface area contributed by atoms with E-state index in [0.717, 1.165) is 14.4 Å². The van der Waals surface area contributed by atoms with E-state index in [0.29, 0.717) is 17.2 Å². The summed E-state index contributed by atoms with van der Waals surface area (Å²) in [5.74, 6) is 0. The van der Waals surface area contributed by atoms with Crippen molar-refractivity contribution in [2.75, 3.05) is 5.01 Å². The zero-order valence-corrected chi connectivity index (χ0v) is 14.5. The highest BCUT2D eigenvalue weighted by atomic mass is 79.9. The summed E-state index contributed by atoms with van der Waals surface area (Å²) >= 11 is 16.9. The Morgan fingerprint density at radius 3 is 2.71 bits per heavy atom. The van der Waals surface area contributed by atoms with E-state index in [1.165, 1.54) is 0 Å². The van der Waals surface area contributed by atoms with Crippen LogP contribution in [0.1, 0.15) is 17.3 Å². The first kappa shape index (κ1) is 15.0. The average Bonchev–Trinajstić information content (AvgIpc) is 3.05. The fraction of sp³-hybridized carbons (Fsp3) is 0.143. The van der Waals surface area contributed by atoms with Crippen molar-refractivity contribution in [3.8, 4) is 0 Å². The third-order valence-electron chi connectivity index (χ3n) is 3.16. The second kappa shape index (κ2) is 6.08. The summed E-state index contributed by atoms with van der Waals surface area (Å²) < 4.78 is 1.03. The van der Waals surface area contributed by atoms with Crippen LogP contribution in [0.3, 0.4) is 0 Å². The molecule has 0 saturated heterocycles. The lowest BCUT2D eigenvalue weighted by molar-refractivity contribution is -0.106. The number of halogens is 3. The maximum atomic E-state index is 11.5. The average molecular weight is 404 g/mol. The smallest absolute Gasteiger partial charge is 0.268 e. The summed E-state index contributed by atoms with van der Waals surface area (Å²) in [6.45, 7) is 0. The molecule has 1 aromatic carbocycles. The number of carbonyl (C=O) groups excluding carboxylic acids is 1. The molecule has 0 radical (unpaired) electrons. The Kier molecular flexibility index (Phi) is 4.36. The van der Waals surface area contributed by atoms with Crippen LogP contribution in [0.4, 0.5) is 5.69 Å². The van der Waals surface area contributed by atoms with Crippen LogP contribution in [0, 0.1) is 0 Å². The number of benzene rings is 1. The Morgan fingerprint density at radius 1 is 1.33 bits per heavy atom. The summed E-state index contributed by atoms with van der Waals surface area (Å²) in [7, 11) is 0. The van der Waals surface area contributed by atoms with Gasteiger partial charge in [0.1, 0.15) is 5.71 Å². The van der Waals surface area contributed by atoms with Crippen molar-refractivity contribution < 1.29 is 4.79 Å². The predicted octanol–water partition coefficient (Wildman–Crippen LogP) is 5.24. The lowest BCUT2D eigenvalue weighted by Crippen LogP contribution is -2.17. The first-order valence-corrected chi connectivity index (χ1v) is 8.49. The van der Waals surface area contributed by atoms with Gasteiger partial charge in [0.25, 0.3) is 5.24 Å². The predicted molar refractivity (Wildman–Crippen MR) is 91.6 cm³/mol. The van der Waals surface area contributed by atoms with E-state index in [9.17, 15) is 4.79 Å². The third kappa shape index (κ3) is 3.01. The standard InChI is InChI=1S/C14H9BrCl2N2OS/c15-13-6-5-12(21-13)11-7-9(14(17)20)18-19(11)10-4-2-1-3-8(10)16/h1-6,11H,7H2. The molecule has 1 aliphatic rings. The quantitative estimate of drug-likeness (QED) is 0.656. The van der Waals surface area contributed by atoms with Crippen molar-refractivity contribution in [2.45, 2.75) is 12.5 Å². The van der Waals surface area contributed by atoms with Gasteiger partial charge in [-0.2, -0.15) is 5.10 Å². The van der Waals surface area contributed by atoms with Crippen LogP contribution in [0.25, 0.3) is 0 Å². The van der Waals surface area contributed by atoms with E-state index in [1.807, 2.05) is 30.3 Å². The van der Waals surface area contributed by atoms with Gasteiger partial charge < -0.3 is 0 Å². The number of hydrogen-bond acceptors (Lipinski definition) is 4. The van der Waals surface area contributed by atoms with Gasteiger partial charge in [0, 0.05) is 11.3 Å². The Balaban J connectivity index is 2.04. The van der Waals surface area contributed by atoms with Crippen molar-refractivity contribution in [2.24, 2.45) is 5.10 Å². The van der Waals surface area contributed by atoms with Crippen LogP contribution in [0.5, 0.6) is 0 Å². The molecule has 0 bridgehead atoms. The van der Waals surface area contributed by atoms with Crippen LogP contribution in [0.15, 0.2) is 45.3 Å². The molecular weight excluding hydrogens is 395 g/mol. The van der Waals surface area contributed by atoms with Crippen molar-refractivity contribution in [3.63, 3.8) is 0 Å².